The third-order valence-corrected chi connectivity index (χ3v) is 7.00. The molecule has 0 radical (unpaired) electrons. The molecule has 2 rings (SSSR count). The van der Waals surface area contributed by atoms with Gasteiger partial charge in [0.1, 0.15) is 29.2 Å². The average Bonchev–Trinajstić information content (AvgIpc) is 3.25. The van der Waals surface area contributed by atoms with E-state index in [1.54, 1.807) is 14.2 Å². The molecule has 10 heteroatoms. The van der Waals surface area contributed by atoms with Gasteiger partial charge in [0, 0.05) is 40.3 Å². The number of hydrogen-bond donors (Lipinski definition) is 0. The molecule has 1 heterocycles. The summed E-state index contributed by atoms with van der Waals surface area (Å²) in [6.07, 6.45) is 1.47. The van der Waals surface area contributed by atoms with Crippen LogP contribution in [0.5, 0.6) is 11.5 Å². The van der Waals surface area contributed by atoms with Gasteiger partial charge in [0.05, 0.1) is 53.7 Å². The van der Waals surface area contributed by atoms with Gasteiger partial charge in [0.15, 0.2) is 0 Å². The van der Waals surface area contributed by atoms with E-state index in [1.807, 2.05) is 25.1 Å². The fraction of sp³-hybridized carbons (Fsp3) is 0.565. The van der Waals surface area contributed by atoms with Crippen molar-refractivity contribution in [1.82, 2.24) is 0 Å². The number of nitrogens with zero attached hydrogens (tertiary/aromatic N) is 2. The van der Waals surface area contributed by atoms with Crippen molar-refractivity contribution >= 4 is 23.5 Å². The molecule has 0 saturated carbocycles. The Bertz CT molecular complexity index is 863. The van der Waals surface area contributed by atoms with Crippen LogP contribution in [0.4, 0.5) is 0 Å². The molecule has 0 spiro atoms. The summed E-state index contributed by atoms with van der Waals surface area (Å²) in [5.41, 5.74) is 1.03. The number of ether oxygens (including phenoxy) is 6. The van der Waals surface area contributed by atoms with Crippen LogP contribution in [-0.2, 0) is 18.9 Å². The van der Waals surface area contributed by atoms with E-state index in [-0.39, 0.29) is 5.57 Å². The van der Waals surface area contributed by atoms with Gasteiger partial charge in [0.25, 0.3) is 0 Å². The molecule has 0 fully saturated rings. The van der Waals surface area contributed by atoms with Crippen LogP contribution in [-0.4, -0.2) is 67.1 Å². The zero-order valence-electron chi connectivity index (χ0n) is 19.3. The molecule has 0 atom stereocenters. The van der Waals surface area contributed by atoms with Gasteiger partial charge >= 0.3 is 0 Å². The van der Waals surface area contributed by atoms with E-state index in [4.69, 9.17) is 28.4 Å². The summed E-state index contributed by atoms with van der Waals surface area (Å²) < 4.78 is 33.7. The molecule has 1 aliphatic rings. The van der Waals surface area contributed by atoms with E-state index in [0.29, 0.717) is 57.1 Å². The second kappa shape index (κ2) is 15.8. The van der Waals surface area contributed by atoms with Crippen LogP contribution in [0.2, 0.25) is 0 Å². The third kappa shape index (κ3) is 8.74. The van der Waals surface area contributed by atoms with Gasteiger partial charge in [0.2, 0.25) is 0 Å². The van der Waals surface area contributed by atoms with Crippen molar-refractivity contribution in [2.45, 2.75) is 29.6 Å². The molecular weight excluding hydrogens is 464 g/mol. The number of benzene rings is 1. The smallest absolute Gasteiger partial charge is 0.150 e. The lowest BCUT2D eigenvalue weighted by Gasteiger charge is -2.16. The highest BCUT2D eigenvalue weighted by Crippen LogP contribution is 2.59. The molecule has 33 heavy (non-hydrogen) atoms. The predicted octanol–water partition coefficient (Wildman–Crippen LogP) is 4.32. The number of aryl methyl sites for hydroxylation is 1. The van der Waals surface area contributed by atoms with Crippen LogP contribution in [0.25, 0.3) is 0 Å². The summed E-state index contributed by atoms with van der Waals surface area (Å²) in [5.74, 6) is 1.47. The topological polar surface area (TPSA) is 103 Å². The Morgan fingerprint density at radius 1 is 0.788 bits per heavy atom. The fourth-order valence-corrected chi connectivity index (χ4v) is 5.37. The van der Waals surface area contributed by atoms with Crippen molar-refractivity contribution in [2.75, 3.05) is 67.1 Å². The Hall–Kier alpha value is -1.92. The molecule has 1 aromatic rings. The second-order valence-corrected chi connectivity index (χ2v) is 9.18. The van der Waals surface area contributed by atoms with Crippen molar-refractivity contribution < 1.29 is 28.4 Å². The maximum Gasteiger partial charge on any atom is 0.150 e. The summed E-state index contributed by atoms with van der Waals surface area (Å²) >= 11 is 2.76. The van der Waals surface area contributed by atoms with Crippen LogP contribution in [0, 0.1) is 29.6 Å². The van der Waals surface area contributed by atoms with Crippen molar-refractivity contribution in [1.29, 1.82) is 10.5 Å². The number of hydrogen-bond acceptors (Lipinski definition) is 10. The number of allylic oxidation sites excluding steroid dienone is 1. The molecule has 1 aromatic carbocycles. The van der Waals surface area contributed by atoms with Crippen molar-refractivity contribution in [3.63, 3.8) is 0 Å². The van der Waals surface area contributed by atoms with Gasteiger partial charge < -0.3 is 28.4 Å². The Kier molecular flexibility index (Phi) is 13.1. The lowest BCUT2D eigenvalue weighted by atomic mass is 10.2. The number of fused-ring (bicyclic) bond motifs is 1. The molecule has 0 aromatic heterocycles. The van der Waals surface area contributed by atoms with E-state index >= 15 is 0 Å². The highest BCUT2D eigenvalue weighted by molar-refractivity contribution is 8.24. The standard InChI is InChI=1S/C23H30N2O6S2/c1-17-14-19(30-8-4-6-28-12-10-26-2)21-22(33-23(32-21)18(15-24)16-25)20(17)31-9-5-7-29-13-11-27-3/h14H,4-13H2,1-3H3. The summed E-state index contributed by atoms with van der Waals surface area (Å²) in [6.45, 7) is 6.36. The lowest BCUT2D eigenvalue weighted by molar-refractivity contribution is 0.0639. The summed E-state index contributed by atoms with van der Waals surface area (Å²) in [6, 6.07) is 5.90. The van der Waals surface area contributed by atoms with Gasteiger partial charge in [-0.25, -0.2) is 0 Å². The first-order valence-corrected chi connectivity index (χ1v) is 12.3. The zero-order valence-corrected chi connectivity index (χ0v) is 20.9. The molecule has 0 saturated heterocycles. The largest absolute Gasteiger partial charge is 0.492 e. The molecular formula is C23H30N2O6S2. The minimum Gasteiger partial charge on any atom is -0.492 e. The minimum absolute atomic E-state index is 0.0915. The Morgan fingerprint density at radius 2 is 1.36 bits per heavy atom. The zero-order chi connectivity index (χ0) is 23.9. The Balaban J connectivity index is 2.06. The van der Waals surface area contributed by atoms with Crippen molar-refractivity contribution in [3.05, 3.63) is 21.4 Å². The first kappa shape index (κ1) is 27.3. The number of rotatable bonds is 16. The minimum atomic E-state index is 0.0915. The maximum atomic E-state index is 9.32. The lowest BCUT2D eigenvalue weighted by Crippen LogP contribution is -2.08. The average molecular weight is 495 g/mol. The fourth-order valence-electron chi connectivity index (χ4n) is 2.79. The summed E-state index contributed by atoms with van der Waals surface area (Å²) in [4.78, 5) is 1.75. The molecule has 180 valence electrons. The molecule has 0 N–H and O–H groups in total. The van der Waals surface area contributed by atoms with Gasteiger partial charge in [-0.3, -0.25) is 0 Å². The second-order valence-electron chi connectivity index (χ2n) is 6.88. The van der Waals surface area contributed by atoms with E-state index in [2.05, 4.69) is 0 Å². The highest BCUT2D eigenvalue weighted by atomic mass is 32.2. The van der Waals surface area contributed by atoms with Gasteiger partial charge in [-0.15, -0.1) is 0 Å². The number of thioether (sulfide) groups is 2. The van der Waals surface area contributed by atoms with E-state index in [1.165, 1.54) is 23.5 Å². The van der Waals surface area contributed by atoms with E-state index < -0.39 is 0 Å². The van der Waals surface area contributed by atoms with E-state index in [9.17, 15) is 10.5 Å². The monoisotopic (exact) mass is 494 g/mol. The molecule has 0 amide bonds. The van der Waals surface area contributed by atoms with Crippen LogP contribution in [0.1, 0.15) is 18.4 Å². The maximum absolute atomic E-state index is 9.32. The van der Waals surface area contributed by atoms with Gasteiger partial charge in [-0.05, 0) is 18.6 Å². The first-order chi connectivity index (χ1) is 16.2. The third-order valence-electron chi connectivity index (χ3n) is 4.39. The number of nitriles is 2. The van der Waals surface area contributed by atoms with E-state index in [0.717, 1.165) is 39.7 Å². The summed E-state index contributed by atoms with van der Waals surface area (Å²) in [7, 11) is 3.28. The Morgan fingerprint density at radius 3 is 1.94 bits per heavy atom. The molecule has 0 aliphatic carbocycles. The molecule has 1 aliphatic heterocycles. The van der Waals surface area contributed by atoms with Crippen LogP contribution >= 0.6 is 23.5 Å². The van der Waals surface area contributed by atoms with Crippen molar-refractivity contribution in [3.8, 4) is 23.6 Å². The SMILES string of the molecule is COCCOCCCOc1cc(C)c(OCCCOCCOC)c2c1SC(=C(C#N)C#N)S2. The van der Waals surface area contributed by atoms with Gasteiger partial charge in [-0.2, -0.15) is 10.5 Å². The van der Waals surface area contributed by atoms with Crippen LogP contribution < -0.4 is 9.47 Å². The normalized spacial score (nSPS) is 12.2. The molecule has 8 nitrogen and oxygen atoms in total. The predicted molar refractivity (Wildman–Crippen MR) is 127 cm³/mol. The first-order valence-electron chi connectivity index (χ1n) is 10.6. The van der Waals surface area contributed by atoms with Crippen LogP contribution in [0.15, 0.2) is 25.7 Å². The quantitative estimate of drug-likeness (QED) is 0.244. The number of methoxy groups -OCH3 is 2. The molecule has 0 bridgehead atoms. The summed E-state index contributed by atoms with van der Waals surface area (Å²) in [5, 5.41) is 18.6. The Labute approximate surface area is 204 Å². The van der Waals surface area contributed by atoms with Crippen LogP contribution in [0.3, 0.4) is 0 Å². The van der Waals surface area contributed by atoms with Gasteiger partial charge in [-0.1, -0.05) is 23.5 Å². The highest BCUT2D eigenvalue weighted by Gasteiger charge is 2.30. The molecule has 0 unspecified atom stereocenters. The van der Waals surface area contributed by atoms with Crippen molar-refractivity contribution in [2.24, 2.45) is 0 Å².